The number of rotatable bonds is 7. The van der Waals surface area contributed by atoms with Crippen molar-refractivity contribution in [1.29, 1.82) is 0 Å². The van der Waals surface area contributed by atoms with E-state index in [9.17, 15) is 9.90 Å². The van der Waals surface area contributed by atoms with Gasteiger partial charge in [-0.05, 0) is 65.4 Å². The summed E-state index contributed by atoms with van der Waals surface area (Å²) in [5, 5.41) is 11.3. The van der Waals surface area contributed by atoms with E-state index >= 15 is 0 Å². The van der Waals surface area contributed by atoms with E-state index < -0.39 is 0 Å². The van der Waals surface area contributed by atoms with Gasteiger partial charge in [-0.25, -0.2) is 0 Å². The van der Waals surface area contributed by atoms with Crippen molar-refractivity contribution in [3.8, 4) is 17.2 Å². The van der Waals surface area contributed by atoms with E-state index in [-0.39, 0.29) is 12.8 Å². The molecule has 37 heavy (non-hydrogen) atoms. The number of aliphatic hydroxyl groups is 1. The number of methoxy groups -OCH3 is 2. The molecule has 190 valence electrons. The Labute approximate surface area is 215 Å². The van der Waals surface area contributed by atoms with E-state index in [1.165, 1.54) is 22.4 Å². The van der Waals surface area contributed by atoms with Crippen molar-refractivity contribution >= 4 is 17.2 Å². The summed E-state index contributed by atoms with van der Waals surface area (Å²) in [6.07, 6.45) is 2.61. The van der Waals surface area contributed by atoms with E-state index in [4.69, 9.17) is 14.2 Å². The first kappa shape index (κ1) is 23.6. The number of hydrogen-bond donors (Lipinski definition) is 1. The molecular weight excluding hydrogens is 468 g/mol. The smallest absolute Gasteiger partial charge is 0.162 e. The quantitative estimate of drug-likeness (QED) is 0.374. The molecule has 1 atom stereocenters. The maximum atomic E-state index is 11.0. The maximum Gasteiger partial charge on any atom is 0.162 e. The van der Waals surface area contributed by atoms with Gasteiger partial charge in [0.2, 0.25) is 0 Å². The van der Waals surface area contributed by atoms with Crippen molar-refractivity contribution in [2.24, 2.45) is 0 Å². The van der Waals surface area contributed by atoms with Gasteiger partial charge in [-0.1, -0.05) is 24.3 Å². The van der Waals surface area contributed by atoms with Crippen molar-refractivity contribution in [2.45, 2.75) is 38.8 Å². The van der Waals surface area contributed by atoms with Gasteiger partial charge in [0.15, 0.2) is 11.5 Å². The second kappa shape index (κ2) is 9.57. The lowest BCUT2D eigenvalue weighted by atomic mass is 9.85. The van der Waals surface area contributed by atoms with Gasteiger partial charge >= 0.3 is 0 Å². The summed E-state index contributed by atoms with van der Waals surface area (Å²) < 4.78 is 19.5. The van der Waals surface area contributed by atoms with E-state index in [2.05, 4.69) is 23.1 Å². The van der Waals surface area contributed by atoms with E-state index in [0.29, 0.717) is 17.9 Å². The average Bonchev–Trinajstić information content (AvgIpc) is 3.26. The summed E-state index contributed by atoms with van der Waals surface area (Å²) in [6, 6.07) is 17.9. The number of fused-ring (bicyclic) bond motifs is 6. The second-order valence-corrected chi connectivity index (χ2v) is 9.67. The Morgan fingerprint density at radius 3 is 2.59 bits per heavy atom. The highest BCUT2D eigenvalue weighted by Gasteiger charge is 2.36. The molecule has 0 fully saturated rings. The molecule has 0 aliphatic carbocycles. The molecular formula is C30H30N2O5. The minimum atomic E-state index is -0.0454. The zero-order valence-corrected chi connectivity index (χ0v) is 21.1. The number of hydrogen-bond acceptors (Lipinski definition) is 6. The van der Waals surface area contributed by atoms with Crippen LogP contribution in [0.1, 0.15) is 44.3 Å². The first-order valence-corrected chi connectivity index (χ1v) is 12.5. The number of nitrogens with zero attached hydrogens (tertiary/aromatic N) is 2. The van der Waals surface area contributed by atoms with Gasteiger partial charge < -0.3 is 23.9 Å². The molecule has 0 bridgehead atoms. The Kier molecular flexibility index (Phi) is 6.10. The first-order chi connectivity index (χ1) is 18.1. The van der Waals surface area contributed by atoms with Crippen molar-refractivity contribution < 1.29 is 24.1 Å². The van der Waals surface area contributed by atoms with Crippen LogP contribution in [0.25, 0.3) is 10.9 Å². The molecule has 0 radical (unpaired) electrons. The van der Waals surface area contributed by atoms with Gasteiger partial charge in [0.1, 0.15) is 25.4 Å². The molecule has 1 unspecified atom stereocenters. The lowest BCUT2D eigenvalue weighted by Crippen LogP contribution is -2.39. The molecule has 7 heteroatoms. The summed E-state index contributed by atoms with van der Waals surface area (Å²) in [5.41, 5.74) is 7.66. The Morgan fingerprint density at radius 2 is 1.86 bits per heavy atom. The number of aldehydes is 1. The predicted octanol–water partition coefficient (Wildman–Crippen LogP) is 4.66. The highest BCUT2D eigenvalue weighted by molar-refractivity contribution is 5.87. The Morgan fingerprint density at radius 1 is 1.03 bits per heavy atom. The summed E-state index contributed by atoms with van der Waals surface area (Å²) in [6.45, 7) is 2.06. The zero-order chi connectivity index (χ0) is 25.5. The highest BCUT2D eigenvalue weighted by Crippen LogP contribution is 2.45. The van der Waals surface area contributed by atoms with Crippen LogP contribution in [0.5, 0.6) is 17.2 Å². The molecule has 1 aromatic heterocycles. The molecule has 3 heterocycles. The van der Waals surface area contributed by atoms with Crippen LogP contribution in [0.3, 0.4) is 0 Å². The van der Waals surface area contributed by atoms with Crippen LogP contribution in [-0.2, 0) is 32.7 Å². The van der Waals surface area contributed by atoms with Crippen molar-refractivity contribution in [3.63, 3.8) is 0 Å². The van der Waals surface area contributed by atoms with E-state index in [1.54, 1.807) is 26.4 Å². The van der Waals surface area contributed by atoms with Crippen LogP contribution in [-0.4, -0.2) is 41.6 Å². The zero-order valence-electron chi connectivity index (χ0n) is 21.1. The monoisotopic (exact) mass is 498 g/mol. The van der Waals surface area contributed by atoms with E-state index in [0.717, 1.165) is 60.2 Å². The molecule has 2 aliphatic heterocycles. The van der Waals surface area contributed by atoms with Crippen molar-refractivity contribution in [2.75, 3.05) is 20.8 Å². The third-order valence-corrected chi connectivity index (χ3v) is 7.79. The molecule has 1 N–H and O–H groups in total. The minimum Gasteiger partial charge on any atom is -0.497 e. The average molecular weight is 499 g/mol. The molecule has 6 rings (SSSR count). The van der Waals surface area contributed by atoms with Crippen LogP contribution in [0.15, 0.2) is 54.6 Å². The standard InChI is InChI=1S/C30H30N2O5/c1-35-22-7-8-26-24(12-22)25-13-27-23-14-30(37-17-20-5-3-19(16-33)4-6-20)29(36-2)11-21(23)9-10-31(27)15-28(25)32(26)18-34/h3-8,11-12,14,16,27,34H,9-10,13,15,17-18H2,1-2H3. The fourth-order valence-corrected chi connectivity index (χ4v) is 5.85. The third-order valence-electron chi connectivity index (χ3n) is 7.79. The lowest BCUT2D eigenvalue weighted by molar-refractivity contribution is 0.112. The van der Waals surface area contributed by atoms with Crippen molar-refractivity contribution in [1.82, 2.24) is 9.47 Å². The molecule has 0 saturated heterocycles. The summed E-state index contributed by atoms with van der Waals surface area (Å²) in [5.74, 6) is 2.26. The topological polar surface area (TPSA) is 73.2 Å². The molecule has 3 aromatic carbocycles. The third kappa shape index (κ3) is 4.04. The Bertz CT molecular complexity index is 1470. The number of carbonyl (C=O) groups excluding carboxylic acids is 1. The number of ether oxygens (including phenoxy) is 3. The predicted molar refractivity (Wildman–Crippen MR) is 140 cm³/mol. The van der Waals surface area contributed by atoms with Crippen LogP contribution in [0.2, 0.25) is 0 Å². The Balaban J connectivity index is 1.36. The highest BCUT2D eigenvalue weighted by atomic mass is 16.5. The lowest BCUT2D eigenvalue weighted by Gasteiger charge is -2.41. The number of aromatic nitrogens is 1. The number of carbonyl (C=O) groups is 1. The minimum absolute atomic E-state index is 0.0454. The molecule has 2 aliphatic rings. The summed E-state index contributed by atoms with van der Waals surface area (Å²) >= 11 is 0. The summed E-state index contributed by atoms with van der Waals surface area (Å²) in [7, 11) is 3.36. The first-order valence-electron chi connectivity index (χ1n) is 12.5. The van der Waals surface area contributed by atoms with Crippen LogP contribution in [0, 0.1) is 0 Å². The van der Waals surface area contributed by atoms with Crippen molar-refractivity contribution in [3.05, 3.63) is 88.1 Å². The molecule has 0 saturated carbocycles. The van der Waals surface area contributed by atoms with Crippen LogP contribution < -0.4 is 14.2 Å². The fraction of sp³-hybridized carbons (Fsp3) is 0.300. The summed E-state index contributed by atoms with van der Waals surface area (Å²) in [4.78, 5) is 13.5. The van der Waals surface area contributed by atoms with Gasteiger partial charge in [-0.2, -0.15) is 0 Å². The van der Waals surface area contributed by atoms with Crippen LogP contribution in [0.4, 0.5) is 0 Å². The molecule has 4 aromatic rings. The van der Waals surface area contributed by atoms with E-state index in [1.807, 2.05) is 28.8 Å². The molecule has 7 nitrogen and oxygen atoms in total. The van der Waals surface area contributed by atoms with Crippen LogP contribution >= 0.6 is 0 Å². The molecule has 0 spiro atoms. The molecule has 0 amide bonds. The van der Waals surface area contributed by atoms with Gasteiger partial charge in [-0.3, -0.25) is 9.69 Å². The number of benzene rings is 3. The number of aliphatic hydroxyl groups excluding tert-OH is 1. The maximum absolute atomic E-state index is 11.0. The van der Waals surface area contributed by atoms with Gasteiger partial charge in [-0.15, -0.1) is 0 Å². The van der Waals surface area contributed by atoms with Gasteiger partial charge in [0, 0.05) is 35.8 Å². The largest absolute Gasteiger partial charge is 0.497 e. The Hall–Kier alpha value is -3.81. The van der Waals surface area contributed by atoms with Gasteiger partial charge in [0.05, 0.1) is 19.7 Å². The second-order valence-electron chi connectivity index (χ2n) is 9.67. The fourth-order valence-electron chi connectivity index (χ4n) is 5.85. The van der Waals surface area contributed by atoms with Gasteiger partial charge in [0.25, 0.3) is 0 Å². The normalized spacial score (nSPS) is 16.6. The SMILES string of the molecule is COc1ccc2c(c1)c1c(n2CO)CN2CCc3cc(OC)c(OCc4ccc(C=O)cc4)cc3C2C1.